The summed E-state index contributed by atoms with van der Waals surface area (Å²) in [7, 11) is 1.56. The Morgan fingerprint density at radius 2 is 1.97 bits per heavy atom. The Morgan fingerprint density at radius 1 is 1.21 bits per heavy atom. The van der Waals surface area contributed by atoms with Crippen molar-refractivity contribution in [3.05, 3.63) is 74.5 Å². The fourth-order valence-electron chi connectivity index (χ4n) is 2.42. The number of aromatic amines is 1. The Bertz CT molecular complexity index is 1020. The standard InChI is InChI=1S/C19H15Cl3N4O3/c1-28-17-3-2-11(9-24-26-19(27)16-4-5-23-25-16)6-12(17)10-29-18-14(21)7-13(20)8-15(18)22/h2-9H,10H2,1H3,(H,23,25)(H,26,27)/b24-9-. The SMILES string of the molecule is COc1ccc(/C=N\NC(=O)c2ccn[nH]2)cc1COc1c(Cl)cc(Cl)cc1Cl. The van der Waals surface area contributed by atoms with Gasteiger partial charge in [0.1, 0.15) is 18.1 Å². The van der Waals surface area contributed by atoms with Crippen molar-refractivity contribution >= 4 is 46.9 Å². The number of nitrogens with zero attached hydrogens (tertiary/aromatic N) is 2. The first-order chi connectivity index (χ1) is 14.0. The van der Waals surface area contributed by atoms with Gasteiger partial charge in [-0.1, -0.05) is 34.8 Å². The number of hydrogen-bond acceptors (Lipinski definition) is 5. The van der Waals surface area contributed by atoms with E-state index in [1.165, 1.54) is 12.4 Å². The van der Waals surface area contributed by atoms with Gasteiger partial charge >= 0.3 is 0 Å². The normalized spacial score (nSPS) is 10.9. The number of methoxy groups -OCH3 is 1. The summed E-state index contributed by atoms with van der Waals surface area (Å²) in [6.45, 7) is 0.145. The van der Waals surface area contributed by atoms with Gasteiger partial charge in [0.05, 0.1) is 23.4 Å². The molecule has 2 N–H and O–H groups in total. The molecule has 0 saturated heterocycles. The van der Waals surface area contributed by atoms with Crippen molar-refractivity contribution in [1.29, 1.82) is 0 Å². The second-order valence-electron chi connectivity index (χ2n) is 5.73. The molecule has 1 aromatic heterocycles. The molecule has 29 heavy (non-hydrogen) atoms. The van der Waals surface area contributed by atoms with Crippen LogP contribution in [0.25, 0.3) is 0 Å². The van der Waals surface area contributed by atoms with E-state index in [2.05, 4.69) is 20.7 Å². The number of halogens is 3. The van der Waals surface area contributed by atoms with Gasteiger partial charge in [-0.15, -0.1) is 0 Å². The van der Waals surface area contributed by atoms with Crippen LogP contribution in [-0.2, 0) is 6.61 Å². The summed E-state index contributed by atoms with van der Waals surface area (Å²) in [6, 6.07) is 10.0. The number of hydrazone groups is 1. The Labute approximate surface area is 181 Å². The summed E-state index contributed by atoms with van der Waals surface area (Å²) >= 11 is 18.2. The van der Waals surface area contributed by atoms with Crippen molar-refractivity contribution in [1.82, 2.24) is 15.6 Å². The summed E-state index contributed by atoms with van der Waals surface area (Å²) in [5.74, 6) is 0.540. The topological polar surface area (TPSA) is 88.6 Å². The van der Waals surface area contributed by atoms with Crippen LogP contribution in [0.1, 0.15) is 21.6 Å². The molecular formula is C19H15Cl3N4O3. The quantitative estimate of drug-likeness (QED) is 0.400. The van der Waals surface area contributed by atoms with Crippen LogP contribution in [0.3, 0.4) is 0 Å². The molecule has 0 spiro atoms. The molecule has 2 aromatic carbocycles. The van der Waals surface area contributed by atoms with Gasteiger partial charge in [-0.25, -0.2) is 5.43 Å². The number of ether oxygens (including phenoxy) is 2. The summed E-state index contributed by atoms with van der Waals surface area (Å²) in [6.07, 6.45) is 2.98. The van der Waals surface area contributed by atoms with Gasteiger partial charge in [0.15, 0.2) is 5.75 Å². The molecule has 0 aliphatic carbocycles. The van der Waals surface area contributed by atoms with Crippen molar-refractivity contribution < 1.29 is 14.3 Å². The van der Waals surface area contributed by atoms with Crippen LogP contribution in [0.15, 0.2) is 47.7 Å². The Morgan fingerprint density at radius 3 is 2.62 bits per heavy atom. The maximum Gasteiger partial charge on any atom is 0.289 e. The van der Waals surface area contributed by atoms with Crippen molar-refractivity contribution in [2.75, 3.05) is 7.11 Å². The Balaban J connectivity index is 1.72. The minimum absolute atomic E-state index is 0.145. The maximum atomic E-state index is 11.8. The highest BCUT2D eigenvalue weighted by Crippen LogP contribution is 2.36. The van der Waals surface area contributed by atoms with Crippen LogP contribution in [0, 0.1) is 0 Å². The lowest BCUT2D eigenvalue weighted by molar-refractivity contribution is 0.0950. The highest BCUT2D eigenvalue weighted by Gasteiger charge is 2.12. The number of nitrogens with one attached hydrogen (secondary N) is 2. The molecule has 0 fully saturated rings. The monoisotopic (exact) mass is 452 g/mol. The summed E-state index contributed by atoms with van der Waals surface area (Å²) in [4.78, 5) is 11.8. The third kappa shape index (κ3) is 5.41. The lowest BCUT2D eigenvalue weighted by atomic mass is 10.1. The lowest BCUT2D eigenvalue weighted by Crippen LogP contribution is -2.18. The number of rotatable bonds is 7. The second kappa shape index (κ2) is 9.65. The van der Waals surface area contributed by atoms with Crippen LogP contribution in [0.4, 0.5) is 0 Å². The first kappa shape index (κ1) is 21.0. The van der Waals surface area contributed by atoms with Gasteiger partial charge in [0.2, 0.25) is 0 Å². The first-order valence-corrected chi connectivity index (χ1v) is 9.38. The molecule has 1 heterocycles. The predicted molar refractivity (Wildman–Crippen MR) is 112 cm³/mol. The van der Waals surface area contributed by atoms with Crippen molar-refractivity contribution in [2.45, 2.75) is 6.61 Å². The van der Waals surface area contributed by atoms with Gasteiger partial charge in [-0.3, -0.25) is 9.89 Å². The number of H-pyrrole nitrogens is 1. The molecule has 0 radical (unpaired) electrons. The van der Waals surface area contributed by atoms with Gasteiger partial charge in [-0.2, -0.15) is 10.2 Å². The Hall–Kier alpha value is -2.74. The van der Waals surface area contributed by atoms with E-state index < -0.39 is 5.91 Å². The zero-order valence-electron chi connectivity index (χ0n) is 15.1. The van der Waals surface area contributed by atoms with E-state index in [-0.39, 0.29) is 6.61 Å². The number of carbonyl (C=O) groups is 1. The number of benzene rings is 2. The molecule has 0 atom stereocenters. The number of amides is 1. The highest BCUT2D eigenvalue weighted by molar-refractivity contribution is 6.40. The van der Waals surface area contributed by atoms with Gasteiger partial charge < -0.3 is 9.47 Å². The zero-order valence-corrected chi connectivity index (χ0v) is 17.3. The summed E-state index contributed by atoms with van der Waals surface area (Å²) in [5.41, 5.74) is 4.18. The van der Waals surface area contributed by atoms with E-state index in [0.717, 1.165) is 11.1 Å². The molecule has 7 nitrogen and oxygen atoms in total. The van der Waals surface area contributed by atoms with E-state index in [9.17, 15) is 4.79 Å². The molecule has 0 unspecified atom stereocenters. The zero-order chi connectivity index (χ0) is 20.8. The average Bonchev–Trinajstić information content (AvgIpc) is 3.22. The van der Waals surface area contributed by atoms with Gasteiger partial charge in [0.25, 0.3) is 5.91 Å². The molecule has 3 aromatic rings. The summed E-state index contributed by atoms with van der Waals surface area (Å²) in [5, 5.41) is 11.2. The van der Waals surface area contributed by atoms with Crippen LogP contribution >= 0.6 is 34.8 Å². The number of aromatic nitrogens is 2. The summed E-state index contributed by atoms with van der Waals surface area (Å²) < 4.78 is 11.1. The van der Waals surface area contributed by atoms with Crippen LogP contribution in [0.2, 0.25) is 15.1 Å². The van der Waals surface area contributed by atoms with Gasteiger partial charge in [-0.05, 0) is 42.0 Å². The smallest absolute Gasteiger partial charge is 0.289 e. The lowest BCUT2D eigenvalue weighted by Gasteiger charge is -2.13. The number of hydrogen-bond donors (Lipinski definition) is 2. The largest absolute Gasteiger partial charge is 0.496 e. The highest BCUT2D eigenvalue weighted by atomic mass is 35.5. The molecule has 10 heteroatoms. The number of carbonyl (C=O) groups excluding carboxylic acids is 1. The fraction of sp³-hybridized carbons (Fsp3) is 0.105. The fourth-order valence-corrected chi connectivity index (χ4v) is 3.34. The Kier molecular flexibility index (Phi) is 6.98. The maximum absolute atomic E-state index is 11.8. The van der Waals surface area contributed by atoms with Crippen molar-refractivity contribution in [2.24, 2.45) is 5.10 Å². The van der Waals surface area contributed by atoms with E-state index in [1.54, 1.807) is 37.4 Å². The molecule has 1 amide bonds. The molecule has 150 valence electrons. The molecule has 0 aliphatic heterocycles. The molecular weight excluding hydrogens is 439 g/mol. The van der Waals surface area contributed by atoms with Crippen LogP contribution < -0.4 is 14.9 Å². The molecule has 0 bridgehead atoms. The van der Waals surface area contributed by atoms with Crippen molar-refractivity contribution in [3.63, 3.8) is 0 Å². The third-order valence-corrected chi connectivity index (χ3v) is 4.54. The van der Waals surface area contributed by atoms with E-state index in [1.807, 2.05) is 6.07 Å². The third-order valence-electron chi connectivity index (χ3n) is 3.76. The molecule has 0 saturated carbocycles. The predicted octanol–water partition coefficient (Wildman–Crippen LogP) is 4.72. The minimum atomic E-state index is -0.400. The first-order valence-electron chi connectivity index (χ1n) is 8.25. The van der Waals surface area contributed by atoms with Crippen LogP contribution in [0.5, 0.6) is 11.5 Å². The van der Waals surface area contributed by atoms with Crippen molar-refractivity contribution in [3.8, 4) is 11.5 Å². The van der Waals surface area contributed by atoms with E-state index in [0.29, 0.717) is 32.3 Å². The second-order valence-corrected chi connectivity index (χ2v) is 6.98. The molecule has 0 aliphatic rings. The van der Waals surface area contributed by atoms with E-state index in [4.69, 9.17) is 44.3 Å². The minimum Gasteiger partial charge on any atom is -0.496 e. The molecule has 3 rings (SSSR count). The van der Waals surface area contributed by atoms with E-state index >= 15 is 0 Å². The average molecular weight is 454 g/mol. The van der Waals surface area contributed by atoms with Crippen LogP contribution in [-0.4, -0.2) is 29.4 Å². The van der Waals surface area contributed by atoms with Gasteiger partial charge in [0, 0.05) is 16.8 Å².